The molecule has 1 aliphatic carbocycles. The van der Waals surface area contributed by atoms with E-state index in [1.807, 2.05) is 24.3 Å². The van der Waals surface area contributed by atoms with Crippen LogP contribution in [-0.4, -0.2) is 32.4 Å². The lowest BCUT2D eigenvalue weighted by molar-refractivity contribution is 0.0613. The molecule has 0 aliphatic heterocycles. The Bertz CT molecular complexity index is 551. The highest BCUT2D eigenvalue weighted by molar-refractivity contribution is 5.73. The lowest BCUT2D eigenvalue weighted by atomic mass is 10.0. The largest absolute Gasteiger partial charge is 0.388 e. The van der Waals surface area contributed by atoms with Crippen LogP contribution < -0.4 is 5.32 Å². The standard InChI is InChI=1S/C13H16N4O/c18-13(7-3-4-8-13)9-14-12-15-10-5-1-2-6-11(10)16-17-12/h1-2,5-6,18H,3-4,7-9H2,(H,14,15,17). The highest BCUT2D eigenvalue weighted by Crippen LogP contribution is 2.29. The summed E-state index contributed by atoms with van der Waals surface area (Å²) in [7, 11) is 0. The zero-order chi connectivity index (χ0) is 12.4. The van der Waals surface area contributed by atoms with Crippen LogP contribution in [0.5, 0.6) is 0 Å². The molecule has 0 bridgehead atoms. The molecule has 94 valence electrons. The van der Waals surface area contributed by atoms with E-state index in [-0.39, 0.29) is 0 Å². The van der Waals surface area contributed by atoms with Crippen molar-refractivity contribution in [2.45, 2.75) is 31.3 Å². The molecule has 2 N–H and O–H groups in total. The molecule has 0 spiro atoms. The fraction of sp³-hybridized carbons (Fsp3) is 0.462. The Morgan fingerprint density at radius 2 is 1.83 bits per heavy atom. The number of para-hydroxylation sites is 1. The molecule has 1 aromatic carbocycles. The van der Waals surface area contributed by atoms with Gasteiger partial charge in [-0.2, -0.15) is 0 Å². The Labute approximate surface area is 105 Å². The predicted octanol–water partition coefficient (Wildman–Crippen LogP) is 1.74. The number of aromatic nitrogens is 3. The number of hydrogen-bond acceptors (Lipinski definition) is 5. The number of fused-ring (bicyclic) bond motifs is 1. The van der Waals surface area contributed by atoms with E-state index in [0.29, 0.717) is 12.5 Å². The molecule has 0 atom stereocenters. The van der Waals surface area contributed by atoms with Gasteiger partial charge in [-0.15, -0.1) is 10.2 Å². The number of hydrogen-bond donors (Lipinski definition) is 2. The average molecular weight is 244 g/mol. The van der Waals surface area contributed by atoms with Crippen LogP contribution in [-0.2, 0) is 0 Å². The minimum absolute atomic E-state index is 0.481. The van der Waals surface area contributed by atoms with E-state index < -0.39 is 5.60 Å². The van der Waals surface area contributed by atoms with E-state index in [1.54, 1.807) is 0 Å². The van der Waals surface area contributed by atoms with Crippen LogP contribution in [0.15, 0.2) is 24.3 Å². The van der Waals surface area contributed by atoms with Crippen molar-refractivity contribution in [2.75, 3.05) is 11.9 Å². The van der Waals surface area contributed by atoms with Gasteiger partial charge in [0, 0.05) is 6.54 Å². The van der Waals surface area contributed by atoms with Crippen molar-refractivity contribution in [2.24, 2.45) is 0 Å². The second-order valence-electron chi connectivity index (χ2n) is 4.91. The molecular weight excluding hydrogens is 228 g/mol. The molecular formula is C13H16N4O. The molecule has 5 nitrogen and oxygen atoms in total. The van der Waals surface area contributed by atoms with E-state index in [0.717, 1.165) is 36.7 Å². The van der Waals surface area contributed by atoms with Crippen molar-refractivity contribution < 1.29 is 5.11 Å². The van der Waals surface area contributed by atoms with Crippen molar-refractivity contribution in [1.29, 1.82) is 0 Å². The molecule has 1 aromatic heterocycles. The van der Waals surface area contributed by atoms with Gasteiger partial charge in [-0.3, -0.25) is 0 Å². The molecule has 1 heterocycles. The van der Waals surface area contributed by atoms with Gasteiger partial charge in [-0.25, -0.2) is 4.98 Å². The fourth-order valence-electron chi connectivity index (χ4n) is 2.41. The third kappa shape index (κ3) is 2.26. The number of aliphatic hydroxyl groups is 1. The van der Waals surface area contributed by atoms with E-state index in [2.05, 4.69) is 20.5 Å². The third-order valence-corrected chi connectivity index (χ3v) is 3.47. The SMILES string of the molecule is OC1(CNc2nnc3ccccc3n2)CCCC1. The van der Waals surface area contributed by atoms with Crippen LogP contribution in [0.1, 0.15) is 25.7 Å². The molecule has 2 aromatic rings. The van der Waals surface area contributed by atoms with Crippen LogP contribution in [0.2, 0.25) is 0 Å². The quantitative estimate of drug-likeness (QED) is 0.860. The molecule has 1 aliphatic rings. The molecule has 0 saturated heterocycles. The number of anilines is 1. The van der Waals surface area contributed by atoms with Gasteiger partial charge in [0.2, 0.25) is 5.95 Å². The summed E-state index contributed by atoms with van der Waals surface area (Å²) < 4.78 is 0. The number of nitrogens with zero attached hydrogens (tertiary/aromatic N) is 3. The maximum atomic E-state index is 10.2. The molecule has 18 heavy (non-hydrogen) atoms. The minimum Gasteiger partial charge on any atom is -0.388 e. The first-order valence-corrected chi connectivity index (χ1v) is 6.31. The van der Waals surface area contributed by atoms with E-state index in [4.69, 9.17) is 0 Å². The zero-order valence-corrected chi connectivity index (χ0v) is 10.1. The van der Waals surface area contributed by atoms with Gasteiger partial charge in [0.1, 0.15) is 5.52 Å². The Kier molecular flexibility index (Phi) is 2.83. The smallest absolute Gasteiger partial charge is 0.243 e. The van der Waals surface area contributed by atoms with Gasteiger partial charge in [-0.05, 0) is 25.0 Å². The maximum Gasteiger partial charge on any atom is 0.243 e. The van der Waals surface area contributed by atoms with Gasteiger partial charge in [0.25, 0.3) is 0 Å². The van der Waals surface area contributed by atoms with Crippen LogP contribution >= 0.6 is 0 Å². The summed E-state index contributed by atoms with van der Waals surface area (Å²) >= 11 is 0. The first-order chi connectivity index (χ1) is 8.75. The summed E-state index contributed by atoms with van der Waals surface area (Å²) in [4.78, 5) is 4.37. The van der Waals surface area contributed by atoms with Gasteiger partial charge in [-0.1, -0.05) is 25.0 Å². The normalized spacial score (nSPS) is 18.1. The molecule has 0 unspecified atom stereocenters. The summed E-state index contributed by atoms with van der Waals surface area (Å²) in [6.07, 6.45) is 3.88. The number of benzene rings is 1. The van der Waals surface area contributed by atoms with Crippen LogP contribution in [0, 0.1) is 0 Å². The second-order valence-corrected chi connectivity index (χ2v) is 4.91. The molecule has 1 saturated carbocycles. The van der Waals surface area contributed by atoms with Crippen LogP contribution in [0.25, 0.3) is 11.0 Å². The minimum atomic E-state index is -0.602. The van der Waals surface area contributed by atoms with E-state index >= 15 is 0 Å². The van der Waals surface area contributed by atoms with Crippen molar-refractivity contribution in [3.05, 3.63) is 24.3 Å². The monoisotopic (exact) mass is 244 g/mol. The Hall–Kier alpha value is -1.75. The molecule has 3 rings (SSSR count). The summed E-state index contributed by atoms with van der Waals surface area (Å²) in [5.41, 5.74) is 0.991. The summed E-state index contributed by atoms with van der Waals surface area (Å²) in [5, 5.41) is 21.4. The summed E-state index contributed by atoms with van der Waals surface area (Å²) in [6, 6.07) is 7.61. The topological polar surface area (TPSA) is 70.9 Å². The third-order valence-electron chi connectivity index (χ3n) is 3.47. The van der Waals surface area contributed by atoms with Crippen molar-refractivity contribution >= 4 is 17.0 Å². The van der Waals surface area contributed by atoms with Gasteiger partial charge < -0.3 is 10.4 Å². The number of nitrogens with one attached hydrogen (secondary N) is 1. The molecule has 1 fully saturated rings. The highest BCUT2D eigenvalue weighted by atomic mass is 16.3. The number of rotatable bonds is 3. The van der Waals surface area contributed by atoms with Gasteiger partial charge in [0.15, 0.2) is 0 Å². The van der Waals surface area contributed by atoms with Gasteiger partial charge >= 0.3 is 0 Å². The maximum absolute atomic E-state index is 10.2. The van der Waals surface area contributed by atoms with Crippen molar-refractivity contribution in [3.63, 3.8) is 0 Å². The summed E-state index contributed by atoms with van der Waals surface area (Å²) in [5.74, 6) is 0.481. The molecule has 0 amide bonds. The van der Waals surface area contributed by atoms with Crippen molar-refractivity contribution in [3.8, 4) is 0 Å². The lowest BCUT2D eigenvalue weighted by Crippen LogP contribution is -2.34. The lowest BCUT2D eigenvalue weighted by Gasteiger charge is -2.22. The Balaban J connectivity index is 1.74. The predicted molar refractivity (Wildman–Crippen MR) is 69.2 cm³/mol. The van der Waals surface area contributed by atoms with Gasteiger partial charge in [0.05, 0.1) is 11.1 Å². The Morgan fingerprint density at radius 3 is 2.61 bits per heavy atom. The van der Waals surface area contributed by atoms with Crippen molar-refractivity contribution in [1.82, 2.24) is 15.2 Å². The van der Waals surface area contributed by atoms with Crippen LogP contribution in [0.3, 0.4) is 0 Å². The Morgan fingerprint density at radius 1 is 1.11 bits per heavy atom. The first-order valence-electron chi connectivity index (χ1n) is 6.31. The summed E-state index contributed by atoms with van der Waals surface area (Å²) in [6.45, 7) is 0.493. The highest BCUT2D eigenvalue weighted by Gasteiger charge is 2.30. The average Bonchev–Trinajstić information content (AvgIpc) is 2.84. The zero-order valence-electron chi connectivity index (χ0n) is 10.1. The van der Waals surface area contributed by atoms with E-state index in [1.165, 1.54) is 0 Å². The van der Waals surface area contributed by atoms with Crippen LogP contribution in [0.4, 0.5) is 5.95 Å². The fourth-order valence-corrected chi connectivity index (χ4v) is 2.41. The molecule has 5 heteroatoms. The second kappa shape index (κ2) is 4.49. The molecule has 0 radical (unpaired) electrons. The van der Waals surface area contributed by atoms with E-state index in [9.17, 15) is 5.11 Å². The first kappa shape index (κ1) is 11.3.